The molecule has 1 unspecified atom stereocenters. The second kappa shape index (κ2) is 5.85. The molecule has 1 aromatic rings. The molecule has 1 amide bonds. The van der Waals surface area contributed by atoms with Crippen molar-refractivity contribution in [2.45, 2.75) is 25.7 Å². The van der Waals surface area contributed by atoms with Crippen molar-refractivity contribution < 1.29 is 9.90 Å². The number of nitrogen functional groups attached to an aromatic ring is 1. The number of aliphatic hydroxyl groups is 1. The first-order valence-electron chi connectivity index (χ1n) is 7.48. The van der Waals surface area contributed by atoms with E-state index in [2.05, 4.69) is 14.9 Å². The van der Waals surface area contributed by atoms with Gasteiger partial charge in [0.1, 0.15) is 11.6 Å². The van der Waals surface area contributed by atoms with E-state index in [-0.39, 0.29) is 24.4 Å². The molecule has 3 rings (SSSR count). The van der Waals surface area contributed by atoms with Crippen molar-refractivity contribution in [2.75, 3.05) is 41.8 Å². The minimum atomic E-state index is -0.0212. The maximum Gasteiger partial charge on any atom is 0.228 e. The Morgan fingerprint density at radius 2 is 1.95 bits per heavy atom. The average Bonchev–Trinajstić information content (AvgIpc) is 2.89. The third-order valence-corrected chi connectivity index (χ3v) is 4.14. The average molecular weight is 291 g/mol. The number of carbonyl (C=O) groups is 1. The third-order valence-electron chi connectivity index (χ3n) is 4.14. The van der Waals surface area contributed by atoms with Crippen LogP contribution in [0.2, 0.25) is 0 Å². The number of anilines is 3. The molecule has 0 radical (unpaired) electrons. The molecule has 7 heteroatoms. The van der Waals surface area contributed by atoms with Crippen molar-refractivity contribution in [1.82, 2.24) is 9.97 Å². The molecule has 3 heterocycles. The molecule has 114 valence electrons. The van der Waals surface area contributed by atoms with Crippen LogP contribution < -0.4 is 15.5 Å². The molecule has 0 saturated carbocycles. The van der Waals surface area contributed by atoms with Gasteiger partial charge in [-0.15, -0.1) is 0 Å². The fourth-order valence-corrected chi connectivity index (χ4v) is 2.99. The zero-order valence-corrected chi connectivity index (χ0v) is 12.0. The summed E-state index contributed by atoms with van der Waals surface area (Å²) >= 11 is 0. The van der Waals surface area contributed by atoms with Crippen LogP contribution >= 0.6 is 0 Å². The lowest BCUT2D eigenvalue weighted by molar-refractivity contribution is -0.117. The molecule has 2 aliphatic rings. The Balaban J connectivity index is 1.85. The molecule has 3 N–H and O–H groups in total. The Labute approximate surface area is 123 Å². The number of nitrogens with zero attached hydrogens (tertiary/aromatic N) is 4. The summed E-state index contributed by atoms with van der Waals surface area (Å²) in [5, 5.41) is 9.22. The molecule has 2 saturated heterocycles. The number of aromatic nitrogens is 2. The molecule has 21 heavy (non-hydrogen) atoms. The summed E-state index contributed by atoms with van der Waals surface area (Å²) in [6.45, 7) is 2.43. The van der Waals surface area contributed by atoms with Crippen LogP contribution in [0.3, 0.4) is 0 Å². The van der Waals surface area contributed by atoms with Gasteiger partial charge in [0.25, 0.3) is 0 Å². The number of aliphatic hydroxyl groups excluding tert-OH is 1. The van der Waals surface area contributed by atoms with E-state index in [0.717, 1.165) is 31.7 Å². The van der Waals surface area contributed by atoms with E-state index < -0.39 is 0 Å². The Morgan fingerprint density at radius 3 is 2.62 bits per heavy atom. The minimum Gasteiger partial charge on any atom is -0.396 e. The summed E-state index contributed by atoms with van der Waals surface area (Å²) in [4.78, 5) is 24.3. The largest absolute Gasteiger partial charge is 0.396 e. The molecule has 1 atom stereocenters. The molecule has 0 aromatic carbocycles. The van der Waals surface area contributed by atoms with Crippen molar-refractivity contribution in [3.05, 3.63) is 6.07 Å². The molecule has 0 aliphatic carbocycles. The van der Waals surface area contributed by atoms with Crippen molar-refractivity contribution >= 4 is 23.5 Å². The summed E-state index contributed by atoms with van der Waals surface area (Å²) in [6, 6.07) is 1.83. The molecule has 2 fully saturated rings. The van der Waals surface area contributed by atoms with Crippen LogP contribution in [-0.4, -0.2) is 47.2 Å². The lowest BCUT2D eigenvalue weighted by atomic mass is 10.1. The molecule has 0 spiro atoms. The fourth-order valence-electron chi connectivity index (χ4n) is 2.99. The first-order valence-corrected chi connectivity index (χ1v) is 7.48. The minimum absolute atomic E-state index is 0.0157. The molecule has 2 aliphatic heterocycles. The topological polar surface area (TPSA) is 95.6 Å². The van der Waals surface area contributed by atoms with Gasteiger partial charge >= 0.3 is 0 Å². The van der Waals surface area contributed by atoms with E-state index in [1.807, 2.05) is 6.07 Å². The Kier molecular flexibility index (Phi) is 3.92. The number of amides is 1. The summed E-state index contributed by atoms with van der Waals surface area (Å²) < 4.78 is 0. The molecule has 1 aromatic heterocycles. The van der Waals surface area contributed by atoms with E-state index in [0.29, 0.717) is 18.8 Å². The lowest BCUT2D eigenvalue weighted by Gasteiger charge is -2.28. The summed E-state index contributed by atoms with van der Waals surface area (Å²) in [5.41, 5.74) is 5.81. The smallest absolute Gasteiger partial charge is 0.228 e. The van der Waals surface area contributed by atoms with E-state index >= 15 is 0 Å². The quantitative estimate of drug-likeness (QED) is 0.836. The van der Waals surface area contributed by atoms with Gasteiger partial charge in [0.2, 0.25) is 11.9 Å². The number of rotatable bonds is 3. The van der Waals surface area contributed by atoms with E-state index in [9.17, 15) is 9.90 Å². The van der Waals surface area contributed by atoms with Crippen LogP contribution in [0.5, 0.6) is 0 Å². The van der Waals surface area contributed by atoms with Gasteiger partial charge in [-0.3, -0.25) is 9.69 Å². The van der Waals surface area contributed by atoms with Crippen molar-refractivity contribution in [2.24, 2.45) is 5.92 Å². The number of piperidine rings is 1. The van der Waals surface area contributed by atoms with E-state index in [1.54, 1.807) is 4.90 Å². The highest BCUT2D eigenvalue weighted by Crippen LogP contribution is 2.27. The second-order valence-electron chi connectivity index (χ2n) is 5.75. The maximum absolute atomic E-state index is 12.0. The monoisotopic (exact) mass is 291 g/mol. The molecule has 7 nitrogen and oxygen atoms in total. The highest BCUT2D eigenvalue weighted by molar-refractivity contribution is 5.95. The van der Waals surface area contributed by atoms with Gasteiger partial charge in [0, 0.05) is 44.6 Å². The normalized spacial score (nSPS) is 22.9. The van der Waals surface area contributed by atoms with E-state index in [4.69, 9.17) is 5.73 Å². The van der Waals surface area contributed by atoms with Crippen molar-refractivity contribution in [1.29, 1.82) is 0 Å². The number of carbonyl (C=O) groups excluding carboxylic acids is 1. The number of hydrogen-bond donors (Lipinski definition) is 2. The number of hydrogen-bond acceptors (Lipinski definition) is 6. The maximum atomic E-state index is 12.0. The van der Waals surface area contributed by atoms with Gasteiger partial charge < -0.3 is 15.7 Å². The summed E-state index contributed by atoms with van der Waals surface area (Å²) in [5.74, 6) is 1.48. The van der Waals surface area contributed by atoms with Crippen LogP contribution in [0.4, 0.5) is 17.6 Å². The highest BCUT2D eigenvalue weighted by atomic mass is 16.3. The SMILES string of the molecule is Nc1nc(N2CCCCC2)cc(N2CC(CO)CC2=O)n1. The third kappa shape index (κ3) is 2.92. The van der Waals surface area contributed by atoms with Crippen molar-refractivity contribution in [3.8, 4) is 0 Å². The zero-order chi connectivity index (χ0) is 14.8. The lowest BCUT2D eigenvalue weighted by Crippen LogP contribution is -2.31. The van der Waals surface area contributed by atoms with Crippen LogP contribution in [0.15, 0.2) is 6.07 Å². The van der Waals surface area contributed by atoms with Gasteiger partial charge in [-0.25, -0.2) is 0 Å². The second-order valence-corrected chi connectivity index (χ2v) is 5.75. The van der Waals surface area contributed by atoms with Gasteiger partial charge in [-0.2, -0.15) is 9.97 Å². The predicted octanol–water partition coefficient (Wildman–Crippen LogP) is 0.394. The van der Waals surface area contributed by atoms with Crippen LogP contribution in [-0.2, 0) is 4.79 Å². The highest BCUT2D eigenvalue weighted by Gasteiger charge is 2.31. The number of nitrogens with two attached hydrogens (primary N) is 1. The first-order chi connectivity index (χ1) is 10.2. The first kappa shape index (κ1) is 14.1. The van der Waals surface area contributed by atoms with Crippen molar-refractivity contribution in [3.63, 3.8) is 0 Å². The zero-order valence-electron chi connectivity index (χ0n) is 12.0. The van der Waals surface area contributed by atoms with Gasteiger partial charge in [-0.1, -0.05) is 0 Å². The van der Waals surface area contributed by atoms with Gasteiger partial charge in [-0.05, 0) is 19.3 Å². The Hall–Kier alpha value is -1.89. The van der Waals surface area contributed by atoms with Gasteiger partial charge in [0.05, 0.1) is 0 Å². The molecular formula is C14H21N5O2. The Morgan fingerprint density at radius 1 is 1.24 bits per heavy atom. The summed E-state index contributed by atoms with van der Waals surface area (Å²) in [6.07, 6.45) is 3.90. The standard InChI is InChI=1S/C14H21N5O2/c15-14-16-11(18-4-2-1-3-5-18)7-12(17-14)19-8-10(9-20)6-13(19)21/h7,10,20H,1-6,8-9H2,(H2,15,16,17). The van der Waals surface area contributed by atoms with Crippen LogP contribution in [0, 0.1) is 5.92 Å². The predicted molar refractivity (Wildman–Crippen MR) is 80.1 cm³/mol. The molecule has 0 bridgehead atoms. The molecular weight excluding hydrogens is 270 g/mol. The van der Waals surface area contributed by atoms with Gasteiger partial charge in [0.15, 0.2) is 0 Å². The van der Waals surface area contributed by atoms with Crippen LogP contribution in [0.1, 0.15) is 25.7 Å². The van der Waals surface area contributed by atoms with Crippen LogP contribution in [0.25, 0.3) is 0 Å². The fraction of sp³-hybridized carbons (Fsp3) is 0.643. The Bertz CT molecular complexity index is 530. The van der Waals surface area contributed by atoms with E-state index in [1.165, 1.54) is 6.42 Å². The summed E-state index contributed by atoms with van der Waals surface area (Å²) in [7, 11) is 0.